The molecule has 2 aromatic heterocycles. The summed E-state index contributed by atoms with van der Waals surface area (Å²) in [4.78, 5) is 33.0. The molecule has 0 aromatic carbocycles. The Bertz CT molecular complexity index is 1080. The van der Waals surface area contributed by atoms with E-state index >= 15 is 0 Å². The number of rotatable bonds is 7. The zero-order chi connectivity index (χ0) is 21.9. The zero-order valence-corrected chi connectivity index (χ0v) is 18.1. The number of carbonyl (C=O) groups excluding carboxylic acids is 1. The topological polar surface area (TPSA) is 123 Å². The lowest BCUT2D eigenvalue weighted by molar-refractivity contribution is -0.143. The fraction of sp³-hybridized carbons (Fsp3) is 0.444. The Morgan fingerprint density at radius 2 is 2.10 bits per heavy atom. The van der Waals surface area contributed by atoms with Crippen molar-refractivity contribution in [2.45, 2.75) is 25.4 Å². The summed E-state index contributed by atoms with van der Waals surface area (Å²) < 4.78 is 31.4. The molecule has 0 saturated carbocycles. The Morgan fingerprint density at radius 1 is 1.33 bits per heavy atom. The molecule has 0 bridgehead atoms. The minimum absolute atomic E-state index is 0.0101. The van der Waals surface area contributed by atoms with Crippen molar-refractivity contribution in [2.75, 3.05) is 31.3 Å². The summed E-state index contributed by atoms with van der Waals surface area (Å²) in [6, 6.07) is 4.94. The first-order valence-corrected chi connectivity index (χ1v) is 11.5. The lowest BCUT2D eigenvalue weighted by Gasteiger charge is -2.20. The van der Waals surface area contributed by atoms with Crippen LogP contribution in [0, 0.1) is 0 Å². The first kappa shape index (κ1) is 22.2. The van der Waals surface area contributed by atoms with E-state index in [1.807, 2.05) is 6.07 Å². The van der Waals surface area contributed by atoms with Gasteiger partial charge in [-0.1, -0.05) is 17.7 Å². The van der Waals surface area contributed by atoms with Gasteiger partial charge in [0.1, 0.15) is 11.7 Å². The molecule has 1 aliphatic heterocycles. The van der Waals surface area contributed by atoms with Gasteiger partial charge in [-0.05, 0) is 19.1 Å². The van der Waals surface area contributed by atoms with Gasteiger partial charge in [0, 0.05) is 30.9 Å². The fourth-order valence-corrected chi connectivity index (χ4v) is 4.35. The largest absolute Gasteiger partial charge is 0.465 e. The van der Waals surface area contributed by atoms with Gasteiger partial charge < -0.3 is 10.1 Å². The van der Waals surface area contributed by atoms with E-state index in [-0.39, 0.29) is 43.1 Å². The number of hydrogen-bond acceptors (Lipinski definition) is 8. The van der Waals surface area contributed by atoms with Crippen molar-refractivity contribution in [3.8, 4) is 0 Å². The van der Waals surface area contributed by atoms with E-state index in [1.165, 1.54) is 10.5 Å². The number of pyridine rings is 1. The first-order chi connectivity index (χ1) is 14.2. The highest BCUT2D eigenvalue weighted by Gasteiger charge is 2.39. The molecule has 1 N–H and O–H groups in total. The molecule has 2 atom stereocenters. The van der Waals surface area contributed by atoms with Crippen molar-refractivity contribution < 1.29 is 17.9 Å². The van der Waals surface area contributed by atoms with E-state index in [1.54, 1.807) is 25.3 Å². The van der Waals surface area contributed by atoms with Gasteiger partial charge in [-0.3, -0.25) is 19.1 Å². The maximum Gasteiger partial charge on any atom is 0.326 e. The number of ether oxygens (including phenoxy) is 1. The second kappa shape index (κ2) is 9.11. The van der Waals surface area contributed by atoms with E-state index in [0.717, 1.165) is 10.8 Å². The quantitative estimate of drug-likeness (QED) is 0.605. The number of nitrogens with zero attached hydrogens (tertiary/aromatic N) is 4. The molecule has 2 aromatic rings. The summed E-state index contributed by atoms with van der Waals surface area (Å²) >= 11 is 6.04. The maximum atomic E-state index is 12.8. The third-order valence-corrected chi connectivity index (χ3v) is 6.28. The van der Waals surface area contributed by atoms with E-state index in [9.17, 15) is 18.0 Å². The normalized spacial score (nSPS) is 19.6. The van der Waals surface area contributed by atoms with Crippen LogP contribution in [-0.4, -0.2) is 65.2 Å². The molecule has 3 heterocycles. The summed E-state index contributed by atoms with van der Waals surface area (Å²) in [5.74, 6) is -0.935. The lowest BCUT2D eigenvalue weighted by atomic mass is 9.99. The molecule has 1 fully saturated rings. The highest BCUT2D eigenvalue weighted by Crippen LogP contribution is 2.29. The Morgan fingerprint density at radius 3 is 2.73 bits per heavy atom. The van der Waals surface area contributed by atoms with Gasteiger partial charge in [0.05, 0.1) is 25.1 Å². The Hall–Kier alpha value is -2.50. The van der Waals surface area contributed by atoms with E-state index in [4.69, 9.17) is 16.3 Å². The summed E-state index contributed by atoms with van der Waals surface area (Å²) in [5, 5.41) is 3.02. The number of aromatic nitrogens is 3. The van der Waals surface area contributed by atoms with Crippen LogP contribution >= 0.6 is 11.6 Å². The molecule has 0 aliphatic carbocycles. The molecule has 0 amide bonds. The van der Waals surface area contributed by atoms with E-state index in [2.05, 4.69) is 15.3 Å². The predicted octanol–water partition coefficient (Wildman–Crippen LogP) is 0.694. The molecule has 162 valence electrons. The van der Waals surface area contributed by atoms with Gasteiger partial charge in [0.25, 0.3) is 5.56 Å². The Labute approximate surface area is 178 Å². The average Bonchev–Trinajstić information content (AvgIpc) is 3.13. The van der Waals surface area contributed by atoms with Gasteiger partial charge in [0.15, 0.2) is 5.82 Å². The van der Waals surface area contributed by atoms with Crippen molar-refractivity contribution in [3.63, 3.8) is 0 Å². The second-order valence-corrected chi connectivity index (χ2v) is 9.19. The summed E-state index contributed by atoms with van der Waals surface area (Å²) in [6.45, 7) is 1.84. The number of anilines is 1. The van der Waals surface area contributed by atoms with Crippen LogP contribution in [0.15, 0.2) is 35.4 Å². The molecule has 12 heteroatoms. The monoisotopic (exact) mass is 455 g/mol. The van der Waals surface area contributed by atoms with Gasteiger partial charge in [-0.2, -0.15) is 4.31 Å². The molecule has 30 heavy (non-hydrogen) atoms. The van der Waals surface area contributed by atoms with Gasteiger partial charge >= 0.3 is 5.97 Å². The molecule has 1 saturated heterocycles. The van der Waals surface area contributed by atoms with Crippen LogP contribution in [0.2, 0.25) is 5.15 Å². The van der Waals surface area contributed by atoms with Crippen LogP contribution in [-0.2, 0) is 26.1 Å². The Balaban J connectivity index is 1.91. The molecule has 1 aliphatic rings. The third-order valence-electron chi connectivity index (χ3n) is 4.74. The minimum atomic E-state index is -3.44. The molecular formula is C18H22ClN5O5S. The van der Waals surface area contributed by atoms with Crippen LogP contribution in [0.1, 0.15) is 18.5 Å². The Kier molecular flexibility index (Phi) is 6.74. The van der Waals surface area contributed by atoms with Crippen molar-refractivity contribution >= 4 is 33.4 Å². The molecule has 2 unspecified atom stereocenters. The summed E-state index contributed by atoms with van der Waals surface area (Å²) in [5.41, 5.74) is 0.0927. The van der Waals surface area contributed by atoms with Gasteiger partial charge in [-0.15, -0.1) is 0 Å². The SMILES string of the molecule is CCOC(=O)Cn1c(Cl)cnc(NC2CN(S(C)(=O)=O)CC2c2ccccn2)c1=O. The number of hydrogen-bond donors (Lipinski definition) is 1. The number of halogens is 1. The summed E-state index contributed by atoms with van der Waals surface area (Å²) in [7, 11) is -3.44. The molecule has 10 nitrogen and oxygen atoms in total. The summed E-state index contributed by atoms with van der Waals surface area (Å²) in [6.07, 6.45) is 4.02. The van der Waals surface area contributed by atoms with Crippen LogP contribution in [0.3, 0.4) is 0 Å². The van der Waals surface area contributed by atoms with Crippen molar-refractivity contribution in [3.05, 3.63) is 51.8 Å². The third kappa shape index (κ3) is 4.97. The first-order valence-electron chi connectivity index (χ1n) is 9.24. The lowest BCUT2D eigenvalue weighted by Crippen LogP contribution is -2.35. The molecule has 3 rings (SSSR count). The van der Waals surface area contributed by atoms with Crippen LogP contribution in [0.4, 0.5) is 5.82 Å². The highest BCUT2D eigenvalue weighted by molar-refractivity contribution is 7.88. The highest BCUT2D eigenvalue weighted by atomic mass is 35.5. The molecule has 0 radical (unpaired) electrons. The average molecular weight is 456 g/mol. The van der Waals surface area contributed by atoms with Crippen LogP contribution in [0.5, 0.6) is 0 Å². The number of sulfonamides is 1. The van der Waals surface area contributed by atoms with Crippen molar-refractivity contribution in [1.29, 1.82) is 0 Å². The maximum absolute atomic E-state index is 12.8. The molecular weight excluding hydrogens is 434 g/mol. The standard InChI is InChI=1S/C18H22ClN5O5S/c1-3-29-16(25)11-24-15(19)8-21-17(18(24)26)22-14-10-23(30(2,27)28)9-12(14)13-6-4-5-7-20-13/h4-8,12,14H,3,9-11H2,1-2H3,(H,21,22). The van der Waals surface area contributed by atoms with E-state index in [0.29, 0.717) is 5.69 Å². The molecule has 0 spiro atoms. The van der Waals surface area contributed by atoms with Gasteiger partial charge in [0.2, 0.25) is 10.0 Å². The second-order valence-electron chi connectivity index (χ2n) is 6.82. The zero-order valence-electron chi connectivity index (χ0n) is 16.5. The van der Waals surface area contributed by atoms with Crippen molar-refractivity contribution in [1.82, 2.24) is 18.8 Å². The van der Waals surface area contributed by atoms with Crippen LogP contribution in [0.25, 0.3) is 0 Å². The van der Waals surface area contributed by atoms with Crippen LogP contribution < -0.4 is 10.9 Å². The predicted molar refractivity (Wildman–Crippen MR) is 111 cm³/mol. The number of esters is 1. The van der Waals surface area contributed by atoms with E-state index < -0.39 is 27.6 Å². The number of nitrogens with one attached hydrogen (secondary N) is 1. The van der Waals surface area contributed by atoms with Crippen molar-refractivity contribution in [2.24, 2.45) is 0 Å². The number of carbonyl (C=O) groups is 1. The van der Waals surface area contributed by atoms with Gasteiger partial charge in [-0.25, -0.2) is 13.4 Å². The minimum Gasteiger partial charge on any atom is -0.465 e. The smallest absolute Gasteiger partial charge is 0.326 e. The fourth-order valence-electron chi connectivity index (χ4n) is 3.31.